The third-order valence-corrected chi connectivity index (χ3v) is 3.86. The van der Waals surface area contributed by atoms with Gasteiger partial charge in [0.1, 0.15) is 12.4 Å². The molecule has 3 aromatic rings. The first-order valence-corrected chi connectivity index (χ1v) is 7.85. The highest BCUT2D eigenvalue weighted by Crippen LogP contribution is 2.17. The zero-order chi connectivity index (χ0) is 15.2. The molecule has 0 saturated carbocycles. The molecule has 0 amide bonds. The number of para-hydroxylation sites is 1. The molecule has 0 aliphatic carbocycles. The summed E-state index contributed by atoms with van der Waals surface area (Å²) in [5, 5.41) is 5.44. The van der Waals surface area contributed by atoms with Crippen LogP contribution in [0.2, 0.25) is 5.02 Å². The molecule has 1 heterocycles. The molecule has 3 nitrogen and oxygen atoms in total. The molecule has 2 aromatic carbocycles. The number of H-pyrrole nitrogens is 1. The Morgan fingerprint density at radius 3 is 2.68 bits per heavy atom. The lowest BCUT2D eigenvalue weighted by molar-refractivity contribution is 0.314. The van der Waals surface area contributed by atoms with E-state index in [9.17, 15) is 0 Å². The van der Waals surface area contributed by atoms with Crippen LogP contribution in [0.15, 0.2) is 54.7 Å². The van der Waals surface area contributed by atoms with Crippen molar-refractivity contribution in [3.63, 3.8) is 0 Å². The van der Waals surface area contributed by atoms with Gasteiger partial charge in [0.05, 0.1) is 0 Å². The predicted octanol–water partition coefficient (Wildman–Crippen LogP) is 4.03. The van der Waals surface area contributed by atoms with Crippen LogP contribution in [0.25, 0.3) is 10.9 Å². The van der Waals surface area contributed by atoms with Gasteiger partial charge in [-0.05, 0) is 48.9 Å². The van der Waals surface area contributed by atoms with Gasteiger partial charge in [0.25, 0.3) is 0 Å². The molecule has 3 rings (SSSR count). The molecule has 0 spiro atoms. The zero-order valence-electron chi connectivity index (χ0n) is 12.3. The number of fused-ring (bicyclic) bond motifs is 1. The van der Waals surface area contributed by atoms with Gasteiger partial charge in [-0.1, -0.05) is 29.8 Å². The van der Waals surface area contributed by atoms with E-state index in [0.29, 0.717) is 6.61 Å². The maximum Gasteiger partial charge on any atom is 0.119 e. The Hall–Kier alpha value is -1.97. The Morgan fingerprint density at radius 2 is 1.82 bits per heavy atom. The molecule has 0 aliphatic rings. The number of halogens is 1. The molecule has 0 bridgehead atoms. The van der Waals surface area contributed by atoms with Crippen molar-refractivity contribution in [3.05, 3.63) is 65.3 Å². The Kier molecular flexibility index (Phi) is 4.99. The van der Waals surface area contributed by atoms with Crippen LogP contribution in [0.4, 0.5) is 0 Å². The third kappa shape index (κ3) is 3.81. The van der Waals surface area contributed by atoms with Crippen LogP contribution in [-0.4, -0.2) is 24.7 Å². The van der Waals surface area contributed by atoms with Crippen LogP contribution < -0.4 is 10.1 Å². The SMILES string of the molecule is Clc1ccc(OCCNCCc2c[nH]c3ccccc23)cc1. The summed E-state index contributed by atoms with van der Waals surface area (Å²) in [5.41, 5.74) is 2.55. The fraction of sp³-hybridized carbons (Fsp3) is 0.222. The van der Waals surface area contributed by atoms with E-state index in [1.807, 2.05) is 24.3 Å². The fourth-order valence-corrected chi connectivity index (χ4v) is 2.58. The fourth-order valence-electron chi connectivity index (χ4n) is 2.46. The second-order valence-corrected chi connectivity index (χ2v) is 5.60. The van der Waals surface area contributed by atoms with Gasteiger partial charge in [-0.3, -0.25) is 0 Å². The predicted molar refractivity (Wildman–Crippen MR) is 91.8 cm³/mol. The van der Waals surface area contributed by atoms with Gasteiger partial charge in [-0.25, -0.2) is 0 Å². The Balaban J connectivity index is 1.38. The van der Waals surface area contributed by atoms with Crippen molar-refractivity contribution in [2.75, 3.05) is 19.7 Å². The largest absolute Gasteiger partial charge is 0.492 e. The van der Waals surface area contributed by atoms with Crippen molar-refractivity contribution in [1.82, 2.24) is 10.3 Å². The van der Waals surface area contributed by atoms with Crippen molar-refractivity contribution >= 4 is 22.5 Å². The van der Waals surface area contributed by atoms with Crippen LogP contribution in [0.1, 0.15) is 5.56 Å². The lowest BCUT2D eigenvalue weighted by Crippen LogP contribution is -2.23. The zero-order valence-corrected chi connectivity index (χ0v) is 13.1. The number of nitrogens with one attached hydrogen (secondary N) is 2. The van der Waals surface area contributed by atoms with E-state index in [4.69, 9.17) is 16.3 Å². The quantitative estimate of drug-likeness (QED) is 0.646. The standard InChI is InChI=1S/C18H19ClN2O/c19-15-5-7-16(8-6-15)22-12-11-20-10-9-14-13-21-18-4-2-1-3-17(14)18/h1-8,13,20-21H,9-12H2. The van der Waals surface area contributed by atoms with E-state index in [1.54, 1.807) is 0 Å². The van der Waals surface area contributed by atoms with Gasteiger partial charge in [0, 0.05) is 28.7 Å². The Morgan fingerprint density at radius 1 is 1.00 bits per heavy atom. The second kappa shape index (κ2) is 7.34. The highest BCUT2D eigenvalue weighted by Gasteiger charge is 2.02. The lowest BCUT2D eigenvalue weighted by Gasteiger charge is -2.07. The first-order valence-electron chi connectivity index (χ1n) is 7.47. The normalized spacial score (nSPS) is 11.0. The van der Waals surface area contributed by atoms with Gasteiger partial charge in [0.15, 0.2) is 0 Å². The van der Waals surface area contributed by atoms with E-state index in [0.717, 1.165) is 30.3 Å². The number of aromatic nitrogens is 1. The molecular formula is C18H19ClN2O. The second-order valence-electron chi connectivity index (χ2n) is 5.16. The molecule has 0 saturated heterocycles. The number of ether oxygens (including phenoxy) is 1. The number of benzene rings is 2. The van der Waals surface area contributed by atoms with Crippen molar-refractivity contribution in [2.24, 2.45) is 0 Å². The van der Waals surface area contributed by atoms with Gasteiger partial charge in [-0.15, -0.1) is 0 Å². The van der Waals surface area contributed by atoms with E-state index in [1.165, 1.54) is 16.5 Å². The average Bonchev–Trinajstić information content (AvgIpc) is 2.96. The highest BCUT2D eigenvalue weighted by atomic mass is 35.5. The molecule has 114 valence electrons. The first kappa shape index (κ1) is 14.9. The monoisotopic (exact) mass is 314 g/mol. The van der Waals surface area contributed by atoms with Crippen molar-refractivity contribution in [1.29, 1.82) is 0 Å². The number of hydrogen-bond donors (Lipinski definition) is 2. The molecule has 0 atom stereocenters. The summed E-state index contributed by atoms with van der Waals surface area (Å²) in [6, 6.07) is 15.8. The van der Waals surface area contributed by atoms with Crippen molar-refractivity contribution in [2.45, 2.75) is 6.42 Å². The van der Waals surface area contributed by atoms with E-state index < -0.39 is 0 Å². The van der Waals surface area contributed by atoms with Crippen LogP contribution in [0.3, 0.4) is 0 Å². The Labute approximate surface area is 135 Å². The van der Waals surface area contributed by atoms with E-state index >= 15 is 0 Å². The molecule has 0 unspecified atom stereocenters. The maximum absolute atomic E-state index is 5.83. The topological polar surface area (TPSA) is 37.0 Å². The van der Waals surface area contributed by atoms with Crippen LogP contribution in [0.5, 0.6) is 5.75 Å². The minimum absolute atomic E-state index is 0.648. The molecule has 2 N–H and O–H groups in total. The molecule has 0 fully saturated rings. The summed E-state index contributed by atoms with van der Waals surface area (Å²) in [6.07, 6.45) is 3.10. The molecule has 0 radical (unpaired) electrons. The molecule has 1 aromatic heterocycles. The molecular weight excluding hydrogens is 296 g/mol. The minimum atomic E-state index is 0.648. The van der Waals surface area contributed by atoms with Gasteiger partial charge < -0.3 is 15.0 Å². The summed E-state index contributed by atoms with van der Waals surface area (Å²) in [7, 11) is 0. The molecule has 4 heteroatoms. The number of hydrogen-bond acceptors (Lipinski definition) is 2. The minimum Gasteiger partial charge on any atom is -0.492 e. The number of rotatable bonds is 7. The van der Waals surface area contributed by atoms with Crippen molar-refractivity contribution in [3.8, 4) is 5.75 Å². The van der Waals surface area contributed by atoms with Gasteiger partial charge >= 0.3 is 0 Å². The third-order valence-electron chi connectivity index (χ3n) is 3.61. The maximum atomic E-state index is 5.83. The van der Waals surface area contributed by atoms with Crippen LogP contribution >= 0.6 is 11.6 Å². The smallest absolute Gasteiger partial charge is 0.119 e. The molecule has 22 heavy (non-hydrogen) atoms. The van der Waals surface area contributed by atoms with Crippen LogP contribution in [-0.2, 0) is 6.42 Å². The van der Waals surface area contributed by atoms with Gasteiger partial charge in [0.2, 0.25) is 0 Å². The average molecular weight is 315 g/mol. The summed E-state index contributed by atoms with van der Waals surface area (Å²) in [6.45, 7) is 2.41. The first-order chi connectivity index (χ1) is 10.8. The summed E-state index contributed by atoms with van der Waals surface area (Å²) >= 11 is 5.83. The van der Waals surface area contributed by atoms with E-state index in [-0.39, 0.29) is 0 Å². The summed E-state index contributed by atoms with van der Waals surface area (Å²) < 4.78 is 5.64. The summed E-state index contributed by atoms with van der Waals surface area (Å²) in [5.74, 6) is 0.850. The Bertz CT molecular complexity index is 721. The lowest BCUT2D eigenvalue weighted by atomic mass is 10.1. The van der Waals surface area contributed by atoms with Gasteiger partial charge in [-0.2, -0.15) is 0 Å². The highest BCUT2D eigenvalue weighted by molar-refractivity contribution is 6.30. The number of aromatic amines is 1. The summed E-state index contributed by atoms with van der Waals surface area (Å²) in [4.78, 5) is 3.30. The van der Waals surface area contributed by atoms with Crippen molar-refractivity contribution < 1.29 is 4.74 Å². The molecule has 0 aliphatic heterocycles. The van der Waals surface area contributed by atoms with Crippen LogP contribution in [0, 0.1) is 0 Å². The van der Waals surface area contributed by atoms with E-state index in [2.05, 4.69) is 40.8 Å².